The highest BCUT2D eigenvalue weighted by atomic mass is 16.4. The van der Waals surface area contributed by atoms with Gasteiger partial charge in [-0.2, -0.15) is 0 Å². The molecule has 0 amide bonds. The summed E-state index contributed by atoms with van der Waals surface area (Å²) in [4.78, 5) is 16.0. The molecule has 4 aromatic rings. The number of aromatic carboxylic acids is 1. The predicted octanol–water partition coefficient (Wildman–Crippen LogP) is 4.06. The number of nitrogens with two attached hydrogens (primary N) is 1. The third kappa shape index (κ3) is 3.09. The maximum absolute atomic E-state index is 11.7. The molecule has 3 N–H and O–H groups in total. The van der Waals surface area contributed by atoms with Crippen LogP contribution in [0, 0.1) is 0 Å². The Morgan fingerprint density at radius 2 is 1.52 bits per heavy atom. The lowest BCUT2D eigenvalue weighted by molar-refractivity contribution is 0.0698. The summed E-state index contributed by atoms with van der Waals surface area (Å²) in [6.45, 7) is 0.529. The van der Waals surface area contributed by atoms with E-state index in [9.17, 15) is 9.90 Å². The minimum Gasteiger partial charge on any atom is -0.478 e. The van der Waals surface area contributed by atoms with Gasteiger partial charge in [-0.3, -0.25) is 0 Å². The van der Waals surface area contributed by atoms with E-state index in [4.69, 9.17) is 5.73 Å². The summed E-state index contributed by atoms with van der Waals surface area (Å²) in [5.74, 6) is -0.956. The van der Waals surface area contributed by atoms with Gasteiger partial charge in [-0.1, -0.05) is 48.5 Å². The molecule has 0 saturated carbocycles. The lowest BCUT2D eigenvalue weighted by atomic mass is 9.98. The van der Waals surface area contributed by atoms with E-state index in [1.807, 2.05) is 42.5 Å². The highest BCUT2D eigenvalue weighted by Gasteiger charge is 2.15. The Balaban J connectivity index is 1.74. The Bertz CT molecular complexity index is 1130. The van der Waals surface area contributed by atoms with Crippen molar-refractivity contribution in [2.24, 2.45) is 12.8 Å². The van der Waals surface area contributed by atoms with Gasteiger partial charge in [-0.05, 0) is 39.9 Å². The quantitative estimate of drug-likeness (QED) is 0.577. The molecule has 1 heterocycles. The molecule has 0 aliphatic rings. The fourth-order valence-corrected chi connectivity index (χ4v) is 3.31. The fraction of sp³-hybridized carbons (Fsp3) is 0.0909. The number of hydrogen-bond acceptors (Lipinski definition) is 3. The molecule has 4 rings (SSSR count). The number of benzene rings is 3. The van der Waals surface area contributed by atoms with Gasteiger partial charge in [0.1, 0.15) is 0 Å². The molecule has 5 nitrogen and oxygen atoms in total. The lowest BCUT2D eigenvalue weighted by Crippen LogP contribution is -2.01. The van der Waals surface area contributed by atoms with Crippen LogP contribution in [0.2, 0.25) is 0 Å². The minimum absolute atomic E-state index is 0.254. The molecule has 1 aromatic heterocycles. The number of nitrogens with zero attached hydrogens (tertiary/aromatic N) is 2. The zero-order chi connectivity index (χ0) is 19.0. The van der Waals surface area contributed by atoms with E-state index in [0.29, 0.717) is 17.6 Å². The van der Waals surface area contributed by atoms with Crippen LogP contribution in [-0.4, -0.2) is 20.6 Å². The molecule has 0 radical (unpaired) electrons. The van der Waals surface area contributed by atoms with Crippen molar-refractivity contribution >= 4 is 17.0 Å². The first-order valence-electron chi connectivity index (χ1n) is 8.65. The van der Waals surface area contributed by atoms with Crippen LogP contribution in [0.5, 0.6) is 0 Å². The van der Waals surface area contributed by atoms with E-state index in [0.717, 1.165) is 27.8 Å². The molecule has 0 fully saturated rings. The molecule has 0 spiro atoms. The molecular formula is C22H19N3O2. The topological polar surface area (TPSA) is 81.1 Å². The highest BCUT2D eigenvalue weighted by Crippen LogP contribution is 2.29. The van der Waals surface area contributed by atoms with Crippen LogP contribution in [0.4, 0.5) is 0 Å². The number of aromatic nitrogens is 2. The van der Waals surface area contributed by atoms with Crippen LogP contribution in [0.15, 0.2) is 67.0 Å². The van der Waals surface area contributed by atoms with E-state index < -0.39 is 5.97 Å². The summed E-state index contributed by atoms with van der Waals surface area (Å²) in [6, 6.07) is 19.9. The first-order valence-corrected chi connectivity index (χ1v) is 8.65. The Kier molecular flexibility index (Phi) is 4.22. The lowest BCUT2D eigenvalue weighted by Gasteiger charge is -2.08. The second-order valence-electron chi connectivity index (χ2n) is 6.53. The maximum atomic E-state index is 11.7. The summed E-state index contributed by atoms with van der Waals surface area (Å²) in [5, 5.41) is 9.58. The summed E-state index contributed by atoms with van der Waals surface area (Å²) in [7, 11) is 1.80. The smallest absolute Gasteiger partial charge is 0.337 e. The van der Waals surface area contributed by atoms with Crippen molar-refractivity contribution in [1.82, 2.24) is 9.55 Å². The molecule has 0 aliphatic heterocycles. The Hall–Kier alpha value is -3.44. The Morgan fingerprint density at radius 1 is 0.963 bits per heavy atom. The number of rotatable bonds is 4. The summed E-state index contributed by atoms with van der Waals surface area (Å²) in [5.41, 5.74) is 12.3. The number of carboxylic acid groups (broad SMARTS) is 1. The minimum atomic E-state index is -0.956. The zero-order valence-electron chi connectivity index (χ0n) is 14.9. The van der Waals surface area contributed by atoms with E-state index in [2.05, 4.69) is 17.1 Å². The summed E-state index contributed by atoms with van der Waals surface area (Å²) >= 11 is 0. The normalized spacial score (nSPS) is 11.0. The highest BCUT2D eigenvalue weighted by molar-refractivity contribution is 6.03. The van der Waals surface area contributed by atoms with Crippen molar-refractivity contribution in [3.05, 3.63) is 78.1 Å². The van der Waals surface area contributed by atoms with Crippen LogP contribution < -0.4 is 5.73 Å². The largest absolute Gasteiger partial charge is 0.478 e. The number of imidazole rings is 1. The molecule has 0 bridgehead atoms. The molecule has 134 valence electrons. The van der Waals surface area contributed by atoms with E-state index in [1.165, 1.54) is 0 Å². The fourth-order valence-electron chi connectivity index (χ4n) is 3.31. The standard InChI is InChI=1S/C22H19N3O2/c1-25-13-24-20-11-18(10-19(21(20)25)22(26)27)17-8-6-16(7-9-17)15-4-2-14(12-23)3-5-15/h2-11,13H,12,23H2,1H3,(H,26,27). The molecule has 0 unspecified atom stereocenters. The van der Waals surface area contributed by atoms with Gasteiger partial charge in [-0.15, -0.1) is 0 Å². The van der Waals surface area contributed by atoms with Gasteiger partial charge >= 0.3 is 5.97 Å². The van der Waals surface area contributed by atoms with Gasteiger partial charge in [0, 0.05) is 13.6 Å². The van der Waals surface area contributed by atoms with Gasteiger partial charge in [0.15, 0.2) is 0 Å². The summed E-state index contributed by atoms with van der Waals surface area (Å²) in [6.07, 6.45) is 1.63. The van der Waals surface area contributed by atoms with Crippen molar-refractivity contribution in [3.8, 4) is 22.3 Å². The molecule has 0 atom stereocenters. The van der Waals surface area contributed by atoms with Gasteiger partial charge in [0.05, 0.1) is 22.9 Å². The average Bonchev–Trinajstić information content (AvgIpc) is 3.08. The third-order valence-electron chi connectivity index (χ3n) is 4.78. The van der Waals surface area contributed by atoms with Crippen LogP contribution in [-0.2, 0) is 13.6 Å². The van der Waals surface area contributed by atoms with Crippen molar-refractivity contribution in [2.45, 2.75) is 6.54 Å². The van der Waals surface area contributed by atoms with Gasteiger partial charge < -0.3 is 15.4 Å². The number of aryl methyl sites for hydroxylation is 1. The SMILES string of the molecule is Cn1cnc2cc(-c3ccc(-c4ccc(CN)cc4)cc3)cc(C(=O)O)c21. The van der Waals surface area contributed by atoms with Crippen LogP contribution >= 0.6 is 0 Å². The second kappa shape index (κ2) is 6.70. The molecule has 5 heteroatoms. The molecule has 3 aromatic carbocycles. The van der Waals surface area contributed by atoms with E-state index >= 15 is 0 Å². The van der Waals surface area contributed by atoms with Crippen LogP contribution in [0.25, 0.3) is 33.3 Å². The number of carbonyl (C=O) groups is 1. The molecule has 0 saturated heterocycles. The first-order chi connectivity index (χ1) is 13.1. The predicted molar refractivity (Wildman–Crippen MR) is 106 cm³/mol. The van der Waals surface area contributed by atoms with Gasteiger partial charge in [-0.25, -0.2) is 9.78 Å². The van der Waals surface area contributed by atoms with Crippen molar-refractivity contribution in [3.63, 3.8) is 0 Å². The molecule has 27 heavy (non-hydrogen) atoms. The third-order valence-corrected chi connectivity index (χ3v) is 4.78. The first kappa shape index (κ1) is 17.0. The van der Waals surface area contributed by atoms with E-state index in [-0.39, 0.29) is 5.56 Å². The van der Waals surface area contributed by atoms with Crippen molar-refractivity contribution in [2.75, 3.05) is 0 Å². The Morgan fingerprint density at radius 3 is 2.07 bits per heavy atom. The van der Waals surface area contributed by atoms with Crippen LogP contribution in [0.3, 0.4) is 0 Å². The zero-order valence-corrected chi connectivity index (χ0v) is 14.9. The van der Waals surface area contributed by atoms with Gasteiger partial charge in [0.25, 0.3) is 0 Å². The maximum Gasteiger partial charge on any atom is 0.337 e. The number of fused-ring (bicyclic) bond motifs is 1. The average molecular weight is 357 g/mol. The monoisotopic (exact) mass is 357 g/mol. The number of carboxylic acids is 1. The number of hydrogen-bond donors (Lipinski definition) is 2. The molecular weight excluding hydrogens is 338 g/mol. The van der Waals surface area contributed by atoms with Crippen LogP contribution in [0.1, 0.15) is 15.9 Å². The van der Waals surface area contributed by atoms with E-state index in [1.54, 1.807) is 24.0 Å². The Labute approximate surface area is 156 Å². The van der Waals surface area contributed by atoms with Gasteiger partial charge in [0.2, 0.25) is 0 Å². The molecule has 0 aliphatic carbocycles. The second-order valence-corrected chi connectivity index (χ2v) is 6.53. The summed E-state index contributed by atoms with van der Waals surface area (Å²) < 4.78 is 1.73. The van der Waals surface area contributed by atoms with Crippen molar-refractivity contribution in [1.29, 1.82) is 0 Å². The van der Waals surface area contributed by atoms with Crippen molar-refractivity contribution < 1.29 is 9.90 Å².